The molecule has 0 aromatic carbocycles. The molecule has 1 heterocycles. The number of carbonyl (C=O) groups is 3. The molecule has 8 heteroatoms. The number of esters is 1. The Bertz CT molecular complexity index is 558. The Labute approximate surface area is 121 Å². The van der Waals surface area contributed by atoms with E-state index in [4.69, 9.17) is 14.6 Å². The van der Waals surface area contributed by atoms with Gasteiger partial charge in [0.25, 0.3) is 5.91 Å². The fourth-order valence-corrected chi connectivity index (χ4v) is 1.36. The molecular weight excluding hydrogens is 280 g/mol. The smallest absolute Gasteiger partial charge is 0.325 e. The van der Waals surface area contributed by atoms with Crippen LogP contribution in [0, 0.1) is 0 Å². The lowest BCUT2D eigenvalue weighted by Crippen LogP contribution is -2.39. The summed E-state index contributed by atoms with van der Waals surface area (Å²) in [6, 6.07) is 0.315. The third kappa shape index (κ3) is 4.16. The van der Waals surface area contributed by atoms with E-state index >= 15 is 0 Å². The van der Waals surface area contributed by atoms with Crippen LogP contribution in [0.4, 0.5) is 0 Å². The van der Waals surface area contributed by atoms with Crippen molar-refractivity contribution >= 4 is 17.8 Å². The normalized spacial score (nSPS) is 11.4. The van der Waals surface area contributed by atoms with Crippen molar-refractivity contribution in [3.05, 3.63) is 18.0 Å². The lowest BCUT2D eigenvalue weighted by atomic mass is 10.2. The Balaban J connectivity index is 3.13. The summed E-state index contributed by atoms with van der Waals surface area (Å²) in [5.74, 6) is -2.52. The van der Waals surface area contributed by atoms with Crippen molar-refractivity contribution < 1.29 is 29.0 Å². The fourth-order valence-electron chi connectivity index (χ4n) is 1.36. The minimum absolute atomic E-state index is 0.102. The number of aliphatic carboxylic acids is 1. The molecule has 0 aliphatic carbocycles. The van der Waals surface area contributed by atoms with Crippen molar-refractivity contribution in [1.29, 1.82) is 0 Å². The van der Waals surface area contributed by atoms with Crippen molar-refractivity contribution in [1.82, 2.24) is 10.3 Å². The number of methoxy groups -OCH3 is 1. The van der Waals surface area contributed by atoms with Gasteiger partial charge in [-0.2, -0.15) is 0 Å². The van der Waals surface area contributed by atoms with E-state index in [0.717, 1.165) is 0 Å². The van der Waals surface area contributed by atoms with Crippen LogP contribution < -0.4 is 14.8 Å². The third-order valence-electron chi connectivity index (χ3n) is 2.53. The van der Waals surface area contributed by atoms with Crippen molar-refractivity contribution in [2.75, 3.05) is 7.11 Å². The molecule has 114 valence electrons. The van der Waals surface area contributed by atoms with E-state index in [-0.39, 0.29) is 23.6 Å². The predicted octanol–water partition coefficient (Wildman–Crippen LogP) is 0.608. The minimum atomic E-state index is -1.20. The number of carbonyl (C=O) groups excluding carboxylic acids is 2. The number of nitrogens with one attached hydrogen (secondary N) is 1. The molecule has 0 saturated carbocycles. The van der Waals surface area contributed by atoms with Crippen LogP contribution in [0.5, 0.6) is 11.5 Å². The second kappa shape index (κ2) is 7.22. The summed E-state index contributed by atoms with van der Waals surface area (Å²) < 4.78 is 10.1. The molecule has 0 aliphatic rings. The van der Waals surface area contributed by atoms with Crippen LogP contribution in [0.15, 0.2) is 12.3 Å². The van der Waals surface area contributed by atoms with Crippen LogP contribution in [0.2, 0.25) is 0 Å². The molecule has 0 radical (unpaired) electrons. The van der Waals surface area contributed by atoms with Crippen LogP contribution in [-0.4, -0.2) is 41.1 Å². The zero-order valence-corrected chi connectivity index (χ0v) is 11.9. The molecule has 0 bridgehead atoms. The van der Waals surface area contributed by atoms with E-state index in [1.807, 2.05) is 0 Å². The quantitative estimate of drug-likeness (QED) is 0.739. The van der Waals surface area contributed by atoms with Gasteiger partial charge in [-0.15, -0.1) is 0 Å². The largest absolute Gasteiger partial charge is 0.493 e. The first kappa shape index (κ1) is 16.4. The Morgan fingerprint density at radius 3 is 2.62 bits per heavy atom. The Kier molecular flexibility index (Phi) is 5.65. The Morgan fingerprint density at radius 1 is 1.43 bits per heavy atom. The summed E-state index contributed by atoms with van der Waals surface area (Å²) in [4.78, 5) is 38.0. The molecule has 1 aromatic rings. The number of nitrogens with zero attached hydrogens (tertiary/aromatic N) is 1. The van der Waals surface area contributed by atoms with E-state index in [1.165, 1.54) is 26.3 Å². The van der Waals surface area contributed by atoms with Gasteiger partial charge in [0, 0.05) is 18.7 Å². The highest BCUT2D eigenvalue weighted by Crippen LogP contribution is 2.29. The zero-order chi connectivity index (χ0) is 16.0. The minimum Gasteiger partial charge on any atom is -0.493 e. The van der Waals surface area contributed by atoms with Gasteiger partial charge < -0.3 is 19.9 Å². The standard InChI is InChI=1S/C13H16N2O6/c1-4-9(16)21-11-8(20-3)5-6-14-10(11)12(17)15-7(2)13(18)19/h5-7H,4H2,1-3H3,(H,15,17)(H,18,19). The number of hydrogen-bond donors (Lipinski definition) is 2. The van der Waals surface area contributed by atoms with Crippen molar-refractivity contribution in [2.24, 2.45) is 0 Å². The highest BCUT2D eigenvalue weighted by atomic mass is 16.6. The highest BCUT2D eigenvalue weighted by Gasteiger charge is 2.23. The SMILES string of the molecule is CCC(=O)Oc1c(OC)ccnc1C(=O)NC(C)C(=O)O. The van der Waals surface area contributed by atoms with Crippen molar-refractivity contribution in [3.8, 4) is 11.5 Å². The van der Waals surface area contributed by atoms with Gasteiger partial charge in [-0.05, 0) is 6.92 Å². The van der Waals surface area contributed by atoms with Gasteiger partial charge in [0.05, 0.1) is 7.11 Å². The molecule has 0 saturated heterocycles. The van der Waals surface area contributed by atoms with Gasteiger partial charge in [-0.3, -0.25) is 14.4 Å². The first-order valence-electron chi connectivity index (χ1n) is 6.18. The zero-order valence-electron chi connectivity index (χ0n) is 11.9. The summed E-state index contributed by atoms with van der Waals surface area (Å²) in [5.41, 5.74) is -0.218. The third-order valence-corrected chi connectivity index (χ3v) is 2.53. The highest BCUT2D eigenvalue weighted by molar-refractivity contribution is 5.98. The molecule has 1 aromatic heterocycles. The molecule has 1 unspecified atom stereocenters. The number of amides is 1. The van der Waals surface area contributed by atoms with Crippen LogP contribution >= 0.6 is 0 Å². The predicted molar refractivity (Wildman–Crippen MR) is 71.3 cm³/mol. The number of pyridine rings is 1. The van der Waals surface area contributed by atoms with Gasteiger partial charge in [0.15, 0.2) is 11.4 Å². The maximum Gasteiger partial charge on any atom is 0.325 e. The van der Waals surface area contributed by atoms with E-state index in [0.29, 0.717) is 0 Å². The molecule has 0 aliphatic heterocycles. The first-order chi connectivity index (χ1) is 9.90. The van der Waals surface area contributed by atoms with Gasteiger partial charge in [0.1, 0.15) is 6.04 Å². The van der Waals surface area contributed by atoms with Gasteiger partial charge in [-0.1, -0.05) is 6.92 Å². The fraction of sp³-hybridized carbons (Fsp3) is 0.385. The molecule has 0 fully saturated rings. The molecule has 21 heavy (non-hydrogen) atoms. The topological polar surface area (TPSA) is 115 Å². The number of ether oxygens (including phenoxy) is 2. The molecule has 0 spiro atoms. The number of carboxylic acids is 1. The molecular formula is C13H16N2O6. The number of hydrogen-bond acceptors (Lipinski definition) is 6. The van der Waals surface area contributed by atoms with Gasteiger partial charge in [0.2, 0.25) is 5.75 Å². The van der Waals surface area contributed by atoms with Gasteiger partial charge >= 0.3 is 11.9 Å². The summed E-state index contributed by atoms with van der Waals surface area (Å²) in [6.07, 6.45) is 1.40. The number of aromatic nitrogens is 1. The average Bonchev–Trinajstić information content (AvgIpc) is 2.46. The van der Waals surface area contributed by atoms with E-state index in [2.05, 4.69) is 10.3 Å². The number of rotatable bonds is 6. The maximum absolute atomic E-state index is 12.0. The Hall–Kier alpha value is -2.64. The molecule has 8 nitrogen and oxygen atoms in total. The van der Waals surface area contributed by atoms with Crippen molar-refractivity contribution in [3.63, 3.8) is 0 Å². The first-order valence-corrected chi connectivity index (χ1v) is 6.18. The van der Waals surface area contributed by atoms with Crippen molar-refractivity contribution in [2.45, 2.75) is 26.3 Å². The van der Waals surface area contributed by atoms with Crippen LogP contribution in [0.25, 0.3) is 0 Å². The van der Waals surface area contributed by atoms with Crippen LogP contribution in [0.1, 0.15) is 30.8 Å². The molecule has 1 atom stereocenters. The van der Waals surface area contributed by atoms with E-state index in [9.17, 15) is 14.4 Å². The van der Waals surface area contributed by atoms with E-state index < -0.39 is 23.9 Å². The molecule has 2 N–H and O–H groups in total. The summed E-state index contributed by atoms with van der Waals surface area (Å²) in [7, 11) is 1.35. The molecule has 1 rings (SSSR count). The molecule has 1 amide bonds. The second-order valence-corrected chi connectivity index (χ2v) is 4.05. The summed E-state index contributed by atoms with van der Waals surface area (Å²) in [5, 5.41) is 11.0. The monoisotopic (exact) mass is 296 g/mol. The van der Waals surface area contributed by atoms with Gasteiger partial charge in [-0.25, -0.2) is 4.98 Å². The summed E-state index contributed by atoms with van der Waals surface area (Å²) in [6.45, 7) is 2.90. The average molecular weight is 296 g/mol. The Morgan fingerprint density at radius 2 is 2.10 bits per heavy atom. The summed E-state index contributed by atoms with van der Waals surface area (Å²) >= 11 is 0. The lowest BCUT2D eigenvalue weighted by Gasteiger charge is -2.14. The lowest BCUT2D eigenvalue weighted by molar-refractivity contribution is -0.139. The van der Waals surface area contributed by atoms with Crippen LogP contribution in [-0.2, 0) is 9.59 Å². The van der Waals surface area contributed by atoms with Crippen LogP contribution in [0.3, 0.4) is 0 Å². The number of carboxylic acid groups (broad SMARTS) is 1. The second-order valence-electron chi connectivity index (χ2n) is 4.05. The maximum atomic E-state index is 12.0. The van der Waals surface area contributed by atoms with E-state index in [1.54, 1.807) is 6.92 Å².